The molecule has 1 atom stereocenters. The van der Waals surface area contributed by atoms with Crippen molar-refractivity contribution in [1.82, 2.24) is 0 Å². The number of benzene rings is 2. The number of non-ortho nitro benzene ring substituents is 1. The van der Waals surface area contributed by atoms with Crippen LogP contribution in [-0.4, -0.2) is 37.0 Å². The first-order valence-electron chi connectivity index (χ1n) is 7.56. The third-order valence-corrected chi connectivity index (χ3v) is 5.72. The molecule has 0 fully saturated rings. The van der Waals surface area contributed by atoms with E-state index in [-0.39, 0.29) is 16.1 Å². The van der Waals surface area contributed by atoms with Crippen molar-refractivity contribution in [2.75, 3.05) is 6.61 Å². The molecule has 10 heteroatoms. The molecule has 2 aromatic rings. The zero-order valence-corrected chi connectivity index (χ0v) is 14.8. The van der Waals surface area contributed by atoms with E-state index in [0.717, 1.165) is 43.3 Å². The van der Waals surface area contributed by atoms with Gasteiger partial charge < -0.3 is 4.74 Å². The molecular formula is C17H14FNO7S. The van der Waals surface area contributed by atoms with Gasteiger partial charge in [-0.15, -0.1) is 0 Å². The summed E-state index contributed by atoms with van der Waals surface area (Å²) in [6, 6.07) is 8.76. The van der Waals surface area contributed by atoms with Crippen LogP contribution >= 0.6 is 0 Å². The summed E-state index contributed by atoms with van der Waals surface area (Å²) in [5.41, 5.74) is -0.321. The van der Waals surface area contributed by atoms with E-state index in [1.165, 1.54) is 12.1 Å². The molecule has 0 amide bonds. The van der Waals surface area contributed by atoms with Crippen LogP contribution in [0, 0.1) is 15.9 Å². The number of nitro groups is 1. The lowest BCUT2D eigenvalue weighted by Crippen LogP contribution is -2.30. The lowest BCUT2D eigenvalue weighted by molar-refractivity contribution is -0.384. The average Bonchev–Trinajstić information content (AvgIpc) is 2.65. The molecule has 142 valence electrons. The number of hydrogen-bond donors (Lipinski definition) is 0. The van der Waals surface area contributed by atoms with Crippen LogP contribution in [0.2, 0.25) is 0 Å². The van der Waals surface area contributed by atoms with E-state index in [0.29, 0.717) is 0 Å². The molecular weight excluding hydrogens is 381 g/mol. The van der Waals surface area contributed by atoms with Crippen LogP contribution in [0.5, 0.6) is 0 Å². The van der Waals surface area contributed by atoms with E-state index >= 15 is 0 Å². The molecule has 0 radical (unpaired) electrons. The van der Waals surface area contributed by atoms with Gasteiger partial charge in [-0.3, -0.25) is 19.7 Å². The largest absolute Gasteiger partial charge is 0.456 e. The van der Waals surface area contributed by atoms with Gasteiger partial charge in [0.15, 0.2) is 27.5 Å². The van der Waals surface area contributed by atoms with Gasteiger partial charge in [-0.2, -0.15) is 0 Å². The summed E-state index contributed by atoms with van der Waals surface area (Å²) in [6.07, 6.45) is 0. The van der Waals surface area contributed by atoms with E-state index in [2.05, 4.69) is 0 Å². The molecule has 0 saturated carbocycles. The number of rotatable bonds is 7. The van der Waals surface area contributed by atoms with Crippen molar-refractivity contribution in [3.63, 3.8) is 0 Å². The van der Waals surface area contributed by atoms with Gasteiger partial charge >= 0.3 is 5.97 Å². The van der Waals surface area contributed by atoms with Crippen molar-refractivity contribution >= 4 is 27.3 Å². The van der Waals surface area contributed by atoms with Gasteiger partial charge in [0.1, 0.15) is 5.82 Å². The molecule has 0 aliphatic carbocycles. The second-order valence-electron chi connectivity index (χ2n) is 5.48. The van der Waals surface area contributed by atoms with Gasteiger partial charge in [-0.1, -0.05) is 12.1 Å². The lowest BCUT2D eigenvalue weighted by Gasteiger charge is -2.12. The van der Waals surface area contributed by atoms with Crippen LogP contribution < -0.4 is 0 Å². The third-order valence-electron chi connectivity index (χ3n) is 3.67. The summed E-state index contributed by atoms with van der Waals surface area (Å²) in [6.45, 7) is 0.328. The Morgan fingerprint density at radius 2 is 1.81 bits per heavy atom. The highest BCUT2D eigenvalue weighted by Gasteiger charge is 2.32. The number of esters is 1. The second kappa shape index (κ2) is 8.04. The number of ether oxygens (including phenoxy) is 1. The SMILES string of the molecule is C[C@H](C(=O)OCC(=O)c1cccc(F)c1)S(=O)(=O)c1ccc([N+](=O)[O-])cc1. The molecule has 0 unspecified atom stereocenters. The summed E-state index contributed by atoms with van der Waals surface area (Å²) in [7, 11) is -4.17. The number of Topliss-reactive ketones (excluding diaryl/α,β-unsaturated/α-hetero) is 1. The predicted molar refractivity (Wildman–Crippen MR) is 91.4 cm³/mol. The van der Waals surface area contributed by atoms with Gasteiger partial charge in [0.25, 0.3) is 5.69 Å². The van der Waals surface area contributed by atoms with Crippen LogP contribution in [0.3, 0.4) is 0 Å². The Kier molecular flexibility index (Phi) is 6.01. The first-order valence-corrected chi connectivity index (χ1v) is 9.11. The fraction of sp³-hybridized carbons (Fsp3) is 0.176. The molecule has 2 rings (SSSR count). The van der Waals surface area contributed by atoms with Gasteiger partial charge in [0.2, 0.25) is 0 Å². The molecule has 27 heavy (non-hydrogen) atoms. The summed E-state index contributed by atoms with van der Waals surface area (Å²) >= 11 is 0. The molecule has 0 aliphatic heterocycles. The van der Waals surface area contributed by atoms with E-state index in [1.54, 1.807) is 0 Å². The van der Waals surface area contributed by atoms with Gasteiger partial charge in [0, 0.05) is 17.7 Å². The summed E-state index contributed by atoms with van der Waals surface area (Å²) in [5, 5.41) is 8.98. The third kappa shape index (κ3) is 4.73. The number of ketones is 1. The average molecular weight is 395 g/mol. The first-order chi connectivity index (χ1) is 12.6. The molecule has 0 heterocycles. The lowest BCUT2D eigenvalue weighted by atomic mass is 10.1. The van der Waals surface area contributed by atoms with Crippen LogP contribution in [0.15, 0.2) is 53.4 Å². The van der Waals surface area contributed by atoms with Crippen molar-refractivity contribution < 1.29 is 32.1 Å². The highest BCUT2D eigenvalue weighted by Crippen LogP contribution is 2.20. The van der Waals surface area contributed by atoms with Crippen molar-refractivity contribution in [3.05, 3.63) is 70.0 Å². The molecule has 0 bridgehead atoms. The first kappa shape index (κ1) is 20.2. The molecule has 0 aromatic heterocycles. The van der Waals surface area contributed by atoms with Crippen LogP contribution in [-0.2, 0) is 19.4 Å². The summed E-state index contributed by atoms with van der Waals surface area (Å²) < 4.78 is 42.6. The van der Waals surface area contributed by atoms with E-state index in [1.807, 2.05) is 0 Å². The molecule has 2 aromatic carbocycles. The Balaban J connectivity index is 2.06. The molecule has 0 saturated heterocycles. The molecule has 0 aliphatic rings. The Bertz CT molecular complexity index is 987. The highest BCUT2D eigenvalue weighted by molar-refractivity contribution is 7.92. The Labute approximate surface area is 153 Å². The Hall–Kier alpha value is -3.14. The predicted octanol–water partition coefficient (Wildman–Crippen LogP) is 2.32. The zero-order valence-electron chi connectivity index (χ0n) is 14.0. The second-order valence-corrected chi connectivity index (χ2v) is 7.75. The maximum absolute atomic E-state index is 13.1. The topological polar surface area (TPSA) is 121 Å². The highest BCUT2D eigenvalue weighted by atomic mass is 32.2. The smallest absolute Gasteiger partial charge is 0.324 e. The van der Waals surface area contributed by atoms with Crippen molar-refractivity contribution in [2.24, 2.45) is 0 Å². The fourth-order valence-electron chi connectivity index (χ4n) is 2.09. The van der Waals surface area contributed by atoms with E-state index in [4.69, 9.17) is 4.74 Å². The number of carbonyl (C=O) groups excluding carboxylic acids is 2. The summed E-state index contributed by atoms with van der Waals surface area (Å²) in [4.78, 5) is 33.5. The van der Waals surface area contributed by atoms with Crippen molar-refractivity contribution in [3.8, 4) is 0 Å². The number of halogens is 1. The minimum absolute atomic E-state index is 0.0197. The Morgan fingerprint density at radius 3 is 2.37 bits per heavy atom. The van der Waals surface area contributed by atoms with Crippen LogP contribution in [0.4, 0.5) is 10.1 Å². The van der Waals surface area contributed by atoms with Gasteiger partial charge in [-0.05, 0) is 31.2 Å². The Morgan fingerprint density at radius 1 is 1.19 bits per heavy atom. The standard InChI is InChI=1S/C17H14FNO7S/c1-11(27(24,25)15-7-5-14(6-8-15)19(22)23)17(21)26-10-16(20)12-3-2-4-13(18)9-12/h2-9,11H,10H2,1H3/t11-/m1/s1. The summed E-state index contributed by atoms with van der Waals surface area (Å²) in [5.74, 6) is -2.50. The number of nitrogens with zero attached hydrogens (tertiary/aromatic N) is 1. The molecule has 8 nitrogen and oxygen atoms in total. The fourth-order valence-corrected chi connectivity index (χ4v) is 3.33. The van der Waals surface area contributed by atoms with Crippen molar-refractivity contribution in [2.45, 2.75) is 17.1 Å². The minimum Gasteiger partial charge on any atom is -0.456 e. The zero-order chi connectivity index (χ0) is 20.2. The minimum atomic E-state index is -4.17. The van der Waals surface area contributed by atoms with E-state index < -0.39 is 44.2 Å². The maximum atomic E-state index is 13.1. The van der Waals surface area contributed by atoms with Gasteiger partial charge in [-0.25, -0.2) is 12.8 Å². The number of hydrogen-bond acceptors (Lipinski definition) is 7. The number of nitro benzene ring substituents is 1. The van der Waals surface area contributed by atoms with E-state index in [9.17, 15) is 32.5 Å². The van der Waals surface area contributed by atoms with Gasteiger partial charge in [0.05, 0.1) is 9.82 Å². The maximum Gasteiger partial charge on any atom is 0.324 e. The monoisotopic (exact) mass is 395 g/mol. The number of carbonyl (C=O) groups is 2. The van der Waals surface area contributed by atoms with Crippen LogP contribution in [0.25, 0.3) is 0 Å². The van der Waals surface area contributed by atoms with Crippen molar-refractivity contribution in [1.29, 1.82) is 0 Å². The quantitative estimate of drug-likeness (QED) is 0.305. The molecule has 0 N–H and O–H groups in total. The molecule has 0 spiro atoms. The normalized spacial score (nSPS) is 12.2. The number of sulfone groups is 1. The van der Waals surface area contributed by atoms with Crippen LogP contribution in [0.1, 0.15) is 17.3 Å².